The number of aromatic nitrogens is 1. The molecule has 0 aliphatic carbocycles. The van der Waals surface area contributed by atoms with Gasteiger partial charge in [-0.1, -0.05) is 47.1 Å². The third kappa shape index (κ3) is 4.77. The molecule has 0 saturated heterocycles. The molecule has 0 saturated carbocycles. The third-order valence-corrected chi connectivity index (χ3v) is 6.91. The number of halogens is 1. The summed E-state index contributed by atoms with van der Waals surface area (Å²) in [6, 6.07) is 13.2. The predicted octanol–water partition coefficient (Wildman–Crippen LogP) is 3.23. The number of likely N-dealkylation sites (N-methyl/N-ethyl adjacent to an activating group) is 1. The van der Waals surface area contributed by atoms with Gasteiger partial charge in [-0.05, 0) is 39.0 Å². The molecule has 188 valence electrons. The summed E-state index contributed by atoms with van der Waals surface area (Å²) in [5, 5.41) is 6.90. The highest BCUT2D eigenvalue weighted by molar-refractivity contribution is 7.80. The van der Waals surface area contributed by atoms with E-state index in [9.17, 15) is 18.4 Å². The van der Waals surface area contributed by atoms with Gasteiger partial charge in [-0.25, -0.2) is 9.20 Å². The molecule has 0 bridgehead atoms. The Morgan fingerprint density at radius 3 is 2.56 bits per heavy atom. The van der Waals surface area contributed by atoms with Gasteiger partial charge in [-0.2, -0.15) is 0 Å². The van der Waals surface area contributed by atoms with Crippen molar-refractivity contribution in [1.29, 1.82) is 0 Å². The van der Waals surface area contributed by atoms with Gasteiger partial charge in [-0.3, -0.25) is 18.4 Å². The van der Waals surface area contributed by atoms with Crippen molar-refractivity contribution >= 4 is 51.8 Å². The Labute approximate surface area is 215 Å². The predicted molar refractivity (Wildman–Crippen MR) is 138 cm³/mol. The first-order chi connectivity index (χ1) is 17.1. The maximum atomic E-state index is 13.4. The first-order valence-corrected chi connectivity index (χ1v) is 12.4. The molecule has 2 amide bonds. The first kappa shape index (κ1) is 25.5. The zero-order valence-electron chi connectivity index (χ0n) is 19.9. The molecule has 0 fully saturated rings. The highest BCUT2D eigenvalue weighted by atomic mass is 35.5. The maximum absolute atomic E-state index is 13.4. The Kier molecular flexibility index (Phi) is 7.25. The molecule has 4 rings (SSSR count). The summed E-state index contributed by atoms with van der Waals surface area (Å²) in [6.07, 6.45) is -1.30. The summed E-state index contributed by atoms with van der Waals surface area (Å²) in [6.45, 7) is 4.61. The van der Waals surface area contributed by atoms with E-state index >= 15 is 0 Å². The Bertz CT molecular complexity index is 1360. The van der Waals surface area contributed by atoms with E-state index in [0.29, 0.717) is 27.7 Å². The Balaban J connectivity index is 1.74. The highest BCUT2D eigenvalue weighted by Gasteiger charge is 2.35. The number of aryl methyl sites for hydroxylation is 2. The second-order valence-corrected chi connectivity index (χ2v) is 9.51. The lowest BCUT2D eigenvalue weighted by molar-refractivity contribution is -0.127. The molecular weight excluding hydrogens is 506 g/mol. The van der Waals surface area contributed by atoms with Crippen molar-refractivity contribution in [2.45, 2.75) is 33.0 Å². The van der Waals surface area contributed by atoms with Gasteiger partial charge in [0.1, 0.15) is 17.4 Å². The molecule has 36 heavy (non-hydrogen) atoms. The van der Waals surface area contributed by atoms with Crippen molar-refractivity contribution in [2.75, 3.05) is 16.3 Å². The quantitative estimate of drug-likeness (QED) is 0.472. The Morgan fingerprint density at radius 2 is 1.94 bits per heavy atom. The number of carbonyl (C=O) groups is 2. The van der Waals surface area contributed by atoms with Crippen LogP contribution in [-0.4, -0.2) is 50.7 Å². The topological polar surface area (TPSA) is 128 Å². The summed E-state index contributed by atoms with van der Waals surface area (Å²) in [7, 11) is 1.58. The lowest BCUT2D eigenvalue weighted by atomic mass is 10.0. The van der Waals surface area contributed by atoms with Crippen LogP contribution in [0.5, 0.6) is 0 Å². The number of nitrogens with zero attached hydrogens (tertiary/aromatic N) is 4. The van der Waals surface area contributed by atoms with Crippen LogP contribution in [0.4, 0.5) is 11.4 Å². The van der Waals surface area contributed by atoms with Crippen molar-refractivity contribution in [3.63, 3.8) is 0 Å². The molecule has 2 N–H and O–H groups in total. The lowest BCUT2D eigenvalue weighted by Gasteiger charge is -2.27. The molecule has 0 spiro atoms. The summed E-state index contributed by atoms with van der Waals surface area (Å²) >= 11 is 3.69. The largest absolute Gasteiger partial charge is 0.359 e. The molecule has 3 atom stereocenters. The average molecular weight is 530 g/mol. The lowest BCUT2D eigenvalue weighted by Crippen LogP contribution is -2.53. The Hall–Kier alpha value is -3.54. The van der Waals surface area contributed by atoms with E-state index in [1.807, 2.05) is 30.3 Å². The molecule has 2 aromatic carbocycles. The van der Waals surface area contributed by atoms with Crippen LogP contribution in [0.3, 0.4) is 0 Å². The van der Waals surface area contributed by atoms with Crippen LogP contribution in [0.25, 0.3) is 0 Å². The van der Waals surface area contributed by atoms with Crippen LogP contribution in [-0.2, 0) is 20.9 Å². The van der Waals surface area contributed by atoms with Crippen molar-refractivity contribution in [2.24, 2.45) is 4.99 Å². The molecule has 12 heteroatoms. The fourth-order valence-electron chi connectivity index (χ4n) is 4.03. The molecule has 3 unspecified atom stereocenters. The minimum absolute atomic E-state index is 0.221. The molecular formula is C24H24ClN5O5S. The molecule has 0 radical (unpaired) electrons. The fourth-order valence-corrected chi connectivity index (χ4v) is 4.98. The number of anilines is 2. The van der Waals surface area contributed by atoms with Crippen LogP contribution in [0.15, 0.2) is 58.0 Å². The van der Waals surface area contributed by atoms with Crippen molar-refractivity contribution in [3.8, 4) is 0 Å². The van der Waals surface area contributed by atoms with Crippen molar-refractivity contribution in [1.82, 2.24) is 10.5 Å². The monoisotopic (exact) mass is 529 g/mol. The van der Waals surface area contributed by atoms with Gasteiger partial charge in [0.05, 0.1) is 11.4 Å². The molecule has 10 nitrogen and oxygen atoms in total. The van der Waals surface area contributed by atoms with Gasteiger partial charge < -0.3 is 14.7 Å². The zero-order chi connectivity index (χ0) is 26.1. The van der Waals surface area contributed by atoms with Crippen molar-refractivity contribution < 1.29 is 22.9 Å². The van der Waals surface area contributed by atoms with Crippen LogP contribution >= 0.6 is 11.6 Å². The molecule has 3 aromatic rings. The van der Waals surface area contributed by atoms with E-state index in [1.54, 1.807) is 39.1 Å². The SMILES string of the molecule is Cc1noc(C)c1N(C(C)C(=O)NC1N=C(c2ccccc2)c2cc(Cl)ccc2N(C)C1=O)S(=O)O. The number of hydrogen-bond acceptors (Lipinski definition) is 6. The number of amides is 2. The van der Waals surface area contributed by atoms with E-state index in [-0.39, 0.29) is 11.4 Å². The number of nitrogens with one attached hydrogen (secondary N) is 1. The van der Waals surface area contributed by atoms with Gasteiger partial charge in [0, 0.05) is 23.2 Å². The highest BCUT2D eigenvalue weighted by Crippen LogP contribution is 2.30. The number of carbonyl (C=O) groups excluding carboxylic acids is 2. The normalized spacial score (nSPS) is 17.1. The van der Waals surface area contributed by atoms with Gasteiger partial charge in [0.15, 0.2) is 5.76 Å². The molecule has 1 aliphatic heterocycles. The molecule has 1 aliphatic rings. The van der Waals surface area contributed by atoms with Crippen LogP contribution in [0, 0.1) is 13.8 Å². The number of aliphatic imine (C=N–C) groups is 1. The van der Waals surface area contributed by atoms with Crippen LogP contribution < -0.4 is 14.5 Å². The van der Waals surface area contributed by atoms with Gasteiger partial charge in [-0.15, -0.1) is 0 Å². The summed E-state index contributed by atoms with van der Waals surface area (Å²) in [5.41, 5.74) is 2.96. The minimum atomic E-state index is -2.57. The van der Waals surface area contributed by atoms with Gasteiger partial charge in [0.25, 0.3) is 17.2 Å². The number of fused-ring (bicyclic) bond motifs is 1. The number of benzodiazepines with no additional fused rings is 1. The minimum Gasteiger partial charge on any atom is -0.359 e. The second kappa shape index (κ2) is 10.2. The summed E-state index contributed by atoms with van der Waals surface area (Å²) < 4.78 is 28.2. The Morgan fingerprint density at radius 1 is 1.25 bits per heavy atom. The number of hydrogen-bond donors (Lipinski definition) is 2. The van der Waals surface area contributed by atoms with E-state index < -0.39 is 35.3 Å². The molecule has 2 heterocycles. The smallest absolute Gasteiger partial charge is 0.272 e. The van der Waals surface area contributed by atoms with Gasteiger partial charge in [0.2, 0.25) is 12.1 Å². The zero-order valence-corrected chi connectivity index (χ0v) is 21.5. The molecule has 1 aromatic heterocycles. The number of benzene rings is 2. The first-order valence-electron chi connectivity index (χ1n) is 10.9. The fraction of sp³-hybridized carbons (Fsp3) is 0.250. The standard InChI is InChI=1S/C24H24ClN5O5S/c1-13-21(15(3)35-28-13)30(36(33)34)14(2)23(31)27-22-24(32)29(4)19-11-10-17(25)12-18(19)20(26-22)16-8-6-5-7-9-16/h5-12,14,22H,1-4H3,(H,27,31)(H,33,34). The van der Waals surface area contributed by atoms with Crippen LogP contribution in [0.1, 0.15) is 29.5 Å². The van der Waals surface area contributed by atoms with Gasteiger partial charge >= 0.3 is 0 Å². The van der Waals surface area contributed by atoms with E-state index in [1.165, 1.54) is 11.8 Å². The number of rotatable bonds is 6. The maximum Gasteiger partial charge on any atom is 0.272 e. The van der Waals surface area contributed by atoms with E-state index in [2.05, 4.69) is 15.5 Å². The van der Waals surface area contributed by atoms with Crippen LogP contribution in [0.2, 0.25) is 5.02 Å². The summed E-state index contributed by atoms with van der Waals surface area (Å²) in [5.74, 6) is -0.903. The van der Waals surface area contributed by atoms with Crippen molar-refractivity contribution in [3.05, 3.63) is 76.1 Å². The average Bonchev–Trinajstić information content (AvgIpc) is 3.13. The second-order valence-electron chi connectivity index (χ2n) is 8.22. The van der Waals surface area contributed by atoms with E-state index in [4.69, 9.17) is 16.1 Å². The summed E-state index contributed by atoms with van der Waals surface area (Å²) in [4.78, 5) is 32.7. The third-order valence-electron chi connectivity index (χ3n) is 5.84. The van der Waals surface area contributed by atoms with E-state index in [0.717, 1.165) is 9.87 Å².